The molecule has 4 N–H and O–H groups in total. The number of aromatic nitrogens is 4. The van der Waals surface area contributed by atoms with Crippen LogP contribution >= 0.6 is 0 Å². The average Bonchev–Trinajstić information content (AvgIpc) is 2.97. The topological polar surface area (TPSA) is 144 Å². The molecule has 0 saturated heterocycles. The minimum absolute atomic E-state index is 0.0509. The zero-order valence-corrected chi connectivity index (χ0v) is 14.7. The van der Waals surface area contributed by atoms with E-state index in [9.17, 15) is 13.2 Å². The van der Waals surface area contributed by atoms with Crippen LogP contribution in [0.4, 0.5) is 10.7 Å². The summed E-state index contributed by atoms with van der Waals surface area (Å²) in [5, 5.41) is 14.4. The van der Waals surface area contributed by atoms with E-state index in [0.29, 0.717) is 23.4 Å². The van der Waals surface area contributed by atoms with Crippen molar-refractivity contribution in [3.05, 3.63) is 42.4 Å². The molecule has 11 heteroatoms. The Balaban J connectivity index is 2.10. The summed E-state index contributed by atoms with van der Waals surface area (Å²) in [5.41, 5.74) is 2.19. The summed E-state index contributed by atoms with van der Waals surface area (Å²) in [6, 6.07) is 6.52. The molecule has 0 aliphatic rings. The normalized spacial score (nSPS) is 11.5. The van der Waals surface area contributed by atoms with Crippen molar-refractivity contribution in [1.82, 2.24) is 24.9 Å². The number of nitrogens with one attached hydrogen (secondary N) is 2. The molecule has 0 bridgehead atoms. The highest BCUT2D eigenvalue weighted by Crippen LogP contribution is 2.23. The van der Waals surface area contributed by atoms with Gasteiger partial charge in [-0.25, -0.2) is 22.9 Å². The molecule has 0 fully saturated rings. The Kier molecular flexibility index (Phi) is 4.82. The maximum absolute atomic E-state index is 11.7. The number of hydrogen-bond acceptors (Lipinski definition) is 6. The standard InChI is InChI=1S/C15H17N7O3S/c1-2-18-15(23)20-14-19-13-7-11(10-4-3-5-17-8-10)6-12(22(13)21-14)9-26(16,24)25/h3-8H,2,9H2,1H3,(H2,16,24,25)(H2,18,20,21,23). The molecular formula is C15H17N7O3S. The second-order valence-corrected chi connectivity index (χ2v) is 7.09. The number of amides is 2. The van der Waals surface area contributed by atoms with Crippen molar-refractivity contribution in [3.8, 4) is 11.1 Å². The highest BCUT2D eigenvalue weighted by atomic mass is 32.2. The van der Waals surface area contributed by atoms with Crippen molar-refractivity contribution >= 4 is 27.6 Å². The molecule has 0 aliphatic carbocycles. The fourth-order valence-corrected chi connectivity index (χ4v) is 3.04. The molecule has 0 radical (unpaired) electrons. The lowest BCUT2D eigenvalue weighted by Crippen LogP contribution is -2.28. The fraction of sp³-hybridized carbons (Fsp3) is 0.200. The summed E-state index contributed by atoms with van der Waals surface area (Å²) < 4.78 is 24.5. The van der Waals surface area contributed by atoms with Crippen molar-refractivity contribution in [2.24, 2.45) is 5.14 Å². The summed E-state index contributed by atoms with van der Waals surface area (Å²) in [7, 11) is -3.79. The van der Waals surface area contributed by atoms with E-state index in [2.05, 4.69) is 25.7 Å². The molecule has 26 heavy (non-hydrogen) atoms. The number of anilines is 1. The van der Waals surface area contributed by atoms with Crippen molar-refractivity contribution in [1.29, 1.82) is 0 Å². The smallest absolute Gasteiger partial charge is 0.321 e. The number of hydrogen-bond donors (Lipinski definition) is 3. The maximum Gasteiger partial charge on any atom is 0.321 e. The largest absolute Gasteiger partial charge is 0.338 e. The summed E-state index contributed by atoms with van der Waals surface area (Å²) >= 11 is 0. The van der Waals surface area contributed by atoms with Crippen LogP contribution in [-0.4, -0.2) is 40.6 Å². The van der Waals surface area contributed by atoms with Gasteiger partial charge in [0.25, 0.3) is 5.95 Å². The van der Waals surface area contributed by atoms with E-state index in [-0.39, 0.29) is 5.95 Å². The average molecular weight is 375 g/mol. The number of sulfonamides is 1. The number of pyridine rings is 2. The molecule has 0 saturated carbocycles. The van der Waals surface area contributed by atoms with Crippen LogP contribution in [0.25, 0.3) is 16.8 Å². The lowest BCUT2D eigenvalue weighted by Gasteiger charge is -2.07. The highest BCUT2D eigenvalue weighted by Gasteiger charge is 2.16. The van der Waals surface area contributed by atoms with E-state index in [4.69, 9.17) is 5.14 Å². The molecular weight excluding hydrogens is 358 g/mol. The van der Waals surface area contributed by atoms with Crippen molar-refractivity contribution in [2.45, 2.75) is 12.7 Å². The van der Waals surface area contributed by atoms with E-state index in [0.717, 1.165) is 5.56 Å². The zero-order chi connectivity index (χ0) is 18.7. The molecule has 0 aromatic carbocycles. The highest BCUT2D eigenvalue weighted by molar-refractivity contribution is 7.88. The van der Waals surface area contributed by atoms with Gasteiger partial charge in [-0.15, -0.1) is 5.10 Å². The van der Waals surface area contributed by atoms with Gasteiger partial charge in [0.15, 0.2) is 5.65 Å². The van der Waals surface area contributed by atoms with Crippen molar-refractivity contribution in [3.63, 3.8) is 0 Å². The Bertz CT molecular complexity index is 1050. The number of primary sulfonamides is 1. The first-order valence-corrected chi connectivity index (χ1v) is 9.42. The van der Waals surface area contributed by atoms with Gasteiger partial charge in [-0.3, -0.25) is 10.3 Å². The van der Waals surface area contributed by atoms with E-state index >= 15 is 0 Å². The minimum atomic E-state index is -3.79. The maximum atomic E-state index is 11.7. The van der Waals surface area contributed by atoms with E-state index in [1.165, 1.54) is 4.52 Å². The first-order valence-electron chi connectivity index (χ1n) is 7.71. The van der Waals surface area contributed by atoms with Crippen LogP contribution in [0.2, 0.25) is 0 Å². The molecule has 0 aliphatic heterocycles. The number of carbonyl (C=O) groups is 1. The SMILES string of the molecule is CCNC(=O)Nc1nc2cc(-c3cccnc3)cc(CS(N)(=O)=O)n2n1. The van der Waals surface area contributed by atoms with E-state index in [1.807, 2.05) is 6.07 Å². The molecule has 10 nitrogen and oxygen atoms in total. The van der Waals surface area contributed by atoms with Gasteiger partial charge in [0, 0.05) is 24.5 Å². The second kappa shape index (κ2) is 7.06. The minimum Gasteiger partial charge on any atom is -0.338 e. The Morgan fingerprint density at radius 3 is 2.77 bits per heavy atom. The summed E-state index contributed by atoms with van der Waals surface area (Å²) in [5.74, 6) is -0.378. The van der Waals surface area contributed by atoms with E-state index in [1.54, 1.807) is 37.5 Å². The van der Waals surface area contributed by atoms with E-state index < -0.39 is 21.8 Å². The second-order valence-electron chi connectivity index (χ2n) is 5.47. The third-order valence-corrected chi connectivity index (χ3v) is 4.12. The van der Waals surface area contributed by atoms with Crippen molar-refractivity contribution in [2.75, 3.05) is 11.9 Å². The molecule has 0 spiro atoms. The summed E-state index contributed by atoms with van der Waals surface area (Å²) in [4.78, 5) is 20.0. The molecule has 3 heterocycles. The predicted octanol–water partition coefficient (Wildman–Crippen LogP) is 0.721. The Morgan fingerprint density at radius 1 is 1.31 bits per heavy atom. The van der Waals surface area contributed by atoms with Crippen LogP contribution in [0.5, 0.6) is 0 Å². The van der Waals surface area contributed by atoms with Crippen LogP contribution in [0.1, 0.15) is 12.6 Å². The third kappa shape index (κ3) is 4.13. The molecule has 3 aromatic heterocycles. The van der Waals surface area contributed by atoms with Gasteiger partial charge in [0.2, 0.25) is 10.0 Å². The van der Waals surface area contributed by atoms with Gasteiger partial charge < -0.3 is 5.32 Å². The van der Waals surface area contributed by atoms with Gasteiger partial charge in [0.05, 0.1) is 5.69 Å². The molecule has 2 amide bonds. The van der Waals surface area contributed by atoms with Gasteiger partial charge in [-0.2, -0.15) is 4.98 Å². The number of carbonyl (C=O) groups excluding carboxylic acids is 1. The van der Waals surface area contributed by atoms with Gasteiger partial charge in [0.1, 0.15) is 5.75 Å². The lowest BCUT2D eigenvalue weighted by atomic mass is 10.1. The molecule has 3 aromatic rings. The first kappa shape index (κ1) is 17.8. The van der Waals surface area contributed by atoms with Crippen LogP contribution in [-0.2, 0) is 15.8 Å². The monoisotopic (exact) mass is 375 g/mol. The molecule has 0 atom stereocenters. The third-order valence-electron chi connectivity index (χ3n) is 3.42. The van der Waals surface area contributed by atoms with Gasteiger partial charge in [-0.05, 0) is 30.7 Å². The Hall–Kier alpha value is -3.05. The molecule has 136 valence electrons. The van der Waals surface area contributed by atoms with Crippen LogP contribution in [0, 0.1) is 0 Å². The quantitative estimate of drug-likeness (QED) is 0.599. The van der Waals surface area contributed by atoms with Gasteiger partial charge >= 0.3 is 6.03 Å². The summed E-state index contributed by atoms with van der Waals surface area (Å²) in [6.07, 6.45) is 3.29. The number of urea groups is 1. The lowest BCUT2D eigenvalue weighted by molar-refractivity contribution is 0.252. The van der Waals surface area contributed by atoms with Crippen LogP contribution in [0.15, 0.2) is 36.7 Å². The number of nitrogens with zero attached hydrogens (tertiary/aromatic N) is 4. The van der Waals surface area contributed by atoms with Crippen LogP contribution < -0.4 is 15.8 Å². The first-order chi connectivity index (χ1) is 12.4. The molecule has 0 unspecified atom stereocenters. The van der Waals surface area contributed by atoms with Crippen LogP contribution in [0.3, 0.4) is 0 Å². The number of nitrogens with two attached hydrogens (primary N) is 1. The van der Waals surface area contributed by atoms with Crippen molar-refractivity contribution < 1.29 is 13.2 Å². The number of rotatable bonds is 5. The summed E-state index contributed by atoms with van der Waals surface area (Å²) in [6.45, 7) is 2.22. The van der Waals surface area contributed by atoms with Gasteiger partial charge in [-0.1, -0.05) is 6.07 Å². The molecule has 3 rings (SSSR count). The fourth-order valence-electron chi connectivity index (χ4n) is 2.42. The predicted molar refractivity (Wildman–Crippen MR) is 95.7 cm³/mol. The Labute approximate surface area is 149 Å². The zero-order valence-electron chi connectivity index (χ0n) is 13.9. The number of fused-ring (bicyclic) bond motifs is 1. The Morgan fingerprint density at radius 2 is 2.12 bits per heavy atom.